The lowest BCUT2D eigenvalue weighted by Gasteiger charge is -2.26. The highest BCUT2D eigenvalue weighted by molar-refractivity contribution is 5.97. The van der Waals surface area contributed by atoms with E-state index < -0.39 is 0 Å². The lowest BCUT2D eigenvalue weighted by molar-refractivity contribution is 0.783. The molecule has 0 bridgehead atoms. The van der Waals surface area contributed by atoms with Crippen LogP contribution in [0, 0.1) is 0 Å². The molecule has 0 saturated heterocycles. The van der Waals surface area contributed by atoms with Gasteiger partial charge in [0.2, 0.25) is 0 Å². The molecule has 4 aromatic rings. The standard InChI is InChI=1S/C27H26N2/c1-19-11-16-23(17-15-22-14-12-21-8-4-6-10-26(21)28-22)29(2)27-24(19)18-13-20-7-3-5-9-25(20)27/h3-10,12-14,16,18-19H,11,15,17H2,1-2H3. The van der Waals surface area contributed by atoms with Gasteiger partial charge in [-0.05, 0) is 48.3 Å². The molecular weight excluding hydrogens is 352 g/mol. The van der Waals surface area contributed by atoms with Gasteiger partial charge in [0.15, 0.2) is 0 Å². The van der Waals surface area contributed by atoms with Crippen molar-refractivity contribution in [3.63, 3.8) is 0 Å². The average molecular weight is 379 g/mol. The van der Waals surface area contributed by atoms with Crippen LogP contribution in [-0.4, -0.2) is 12.0 Å². The molecule has 144 valence electrons. The average Bonchev–Trinajstić information content (AvgIpc) is 2.89. The van der Waals surface area contributed by atoms with Gasteiger partial charge in [0, 0.05) is 29.2 Å². The van der Waals surface area contributed by atoms with Crippen molar-refractivity contribution in [2.45, 2.75) is 32.1 Å². The van der Waals surface area contributed by atoms with Crippen molar-refractivity contribution >= 4 is 27.4 Å². The summed E-state index contributed by atoms with van der Waals surface area (Å²) < 4.78 is 0. The largest absolute Gasteiger partial charge is 0.348 e. The number of allylic oxidation sites excluding steroid dienone is 2. The Kier molecular flexibility index (Phi) is 4.55. The maximum Gasteiger partial charge on any atom is 0.0705 e. The summed E-state index contributed by atoms with van der Waals surface area (Å²) in [5.41, 5.74) is 6.45. The molecule has 1 aromatic heterocycles. The van der Waals surface area contributed by atoms with E-state index in [1.807, 2.05) is 0 Å². The van der Waals surface area contributed by atoms with E-state index in [-0.39, 0.29) is 0 Å². The number of aromatic nitrogens is 1. The zero-order valence-corrected chi connectivity index (χ0v) is 17.1. The number of para-hydroxylation sites is 1. The summed E-state index contributed by atoms with van der Waals surface area (Å²) >= 11 is 0. The molecule has 29 heavy (non-hydrogen) atoms. The third-order valence-electron chi connectivity index (χ3n) is 6.23. The normalized spacial score (nSPS) is 16.6. The molecule has 2 nitrogen and oxygen atoms in total. The van der Waals surface area contributed by atoms with Gasteiger partial charge in [-0.25, -0.2) is 0 Å². The maximum atomic E-state index is 4.87. The van der Waals surface area contributed by atoms with Gasteiger partial charge in [-0.2, -0.15) is 0 Å². The van der Waals surface area contributed by atoms with E-state index in [1.165, 1.54) is 33.1 Å². The van der Waals surface area contributed by atoms with Crippen LogP contribution < -0.4 is 4.90 Å². The summed E-state index contributed by atoms with van der Waals surface area (Å²) in [5.74, 6) is 0.522. The minimum absolute atomic E-state index is 0.522. The number of fused-ring (bicyclic) bond motifs is 4. The zero-order valence-electron chi connectivity index (χ0n) is 17.1. The molecule has 0 radical (unpaired) electrons. The topological polar surface area (TPSA) is 16.1 Å². The fraction of sp³-hybridized carbons (Fsp3) is 0.222. The van der Waals surface area contributed by atoms with E-state index in [1.54, 1.807) is 0 Å². The number of hydrogen-bond donors (Lipinski definition) is 0. The number of benzene rings is 3. The summed E-state index contributed by atoms with van der Waals surface area (Å²) in [5, 5.41) is 3.86. The minimum Gasteiger partial charge on any atom is -0.348 e. The van der Waals surface area contributed by atoms with Crippen molar-refractivity contribution in [3.8, 4) is 0 Å². The van der Waals surface area contributed by atoms with Crippen molar-refractivity contribution in [1.29, 1.82) is 0 Å². The quantitative estimate of drug-likeness (QED) is 0.387. The molecule has 2 heteroatoms. The number of pyridine rings is 1. The fourth-order valence-corrected chi connectivity index (χ4v) is 4.54. The first kappa shape index (κ1) is 17.9. The van der Waals surface area contributed by atoms with E-state index in [0.717, 1.165) is 30.5 Å². The van der Waals surface area contributed by atoms with Crippen LogP contribution in [0.4, 0.5) is 5.69 Å². The van der Waals surface area contributed by atoms with E-state index in [2.05, 4.69) is 97.7 Å². The molecular formula is C27H26N2. The smallest absolute Gasteiger partial charge is 0.0705 e. The highest BCUT2D eigenvalue weighted by Crippen LogP contribution is 2.40. The van der Waals surface area contributed by atoms with Crippen molar-refractivity contribution in [3.05, 3.63) is 95.8 Å². The first-order chi connectivity index (χ1) is 14.2. The predicted octanol–water partition coefficient (Wildman–Crippen LogP) is 6.85. The summed E-state index contributed by atoms with van der Waals surface area (Å²) in [7, 11) is 2.23. The molecule has 0 amide bonds. The number of nitrogens with zero attached hydrogens (tertiary/aromatic N) is 2. The molecule has 0 saturated carbocycles. The molecule has 0 N–H and O–H groups in total. The SMILES string of the molecule is CC1CC=C(CCc2ccc3ccccc3n2)N(C)c2c1ccc1ccccc21. The monoisotopic (exact) mass is 378 g/mol. The van der Waals surface area contributed by atoms with Crippen LogP contribution in [0.25, 0.3) is 21.7 Å². The third kappa shape index (κ3) is 3.29. The van der Waals surface area contributed by atoms with Crippen molar-refractivity contribution in [2.75, 3.05) is 11.9 Å². The Morgan fingerprint density at radius 3 is 2.52 bits per heavy atom. The highest BCUT2D eigenvalue weighted by Gasteiger charge is 2.21. The number of hydrogen-bond acceptors (Lipinski definition) is 2. The molecule has 0 aliphatic carbocycles. The van der Waals surface area contributed by atoms with Gasteiger partial charge in [-0.15, -0.1) is 0 Å². The van der Waals surface area contributed by atoms with E-state index in [4.69, 9.17) is 4.98 Å². The Labute approximate surface area is 172 Å². The van der Waals surface area contributed by atoms with Gasteiger partial charge in [0.1, 0.15) is 0 Å². The van der Waals surface area contributed by atoms with Crippen LogP contribution >= 0.6 is 0 Å². The molecule has 0 fully saturated rings. The van der Waals surface area contributed by atoms with Gasteiger partial charge in [-0.3, -0.25) is 4.98 Å². The second kappa shape index (κ2) is 7.36. The Bertz CT molecular complexity index is 1220. The van der Waals surface area contributed by atoms with Gasteiger partial charge >= 0.3 is 0 Å². The van der Waals surface area contributed by atoms with Crippen LogP contribution in [0.1, 0.15) is 36.9 Å². The fourth-order valence-electron chi connectivity index (χ4n) is 4.54. The zero-order chi connectivity index (χ0) is 19.8. The van der Waals surface area contributed by atoms with Crippen LogP contribution in [0.5, 0.6) is 0 Å². The van der Waals surface area contributed by atoms with Gasteiger partial charge < -0.3 is 4.90 Å². The van der Waals surface area contributed by atoms with E-state index >= 15 is 0 Å². The number of aryl methyl sites for hydroxylation is 1. The summed E-state index contributed by atoms with van der Waals surface area (Å²) in [4.78, 5) is 7.29. The highest BCUT2D eigenvalue weighted by atomic mass is 15.1. The lowest BCUT2D eigenvalue weighted by atomic mass is 9.93. The first-order valence-corrected chi connectivity index (χ1v) is 10.5. The number of anilines is 1. The summed E-state index contributed by atoms with van der Waals surface area (Å²) in [6, 6.07) is 26.0. The Hall–Kier alpha value is -3.13. The third-order valence-corrected chi connectivity index (χ3v) is 6.23. The second-order valence-corrected chi connectivity index (χ2v) is 8.11. The Morgan fingerprint density at radius 1 is 0.862 bits per heavy atom. The van der Waals surface area contributed by atoms with Gasteiger partial charge in [0.05, 0.1) is 11.2 Å². The van der Waals surface area contributed by atoms with E-state index in [0.29, 0.717) is 5.92 Å². The lowest BCUT2D eigenvalue weighted by Crippen LogP contribution is -2.18. The van der Waals surface area contributed by atoms with Crippen molar-refractivity contribution < 1.29 is 0 Å². The van der Waals surface area contributed by atoms with Crippen LogP contribution in [0.3, 0.4) is 0 Å². The van der Waals surface area contributed by atoms with Gasteiger partial charge in [0.25, 0.3) is 0 Å². The second-order valence-electron chi connectivity index (χ2n) is 8.11. The molecule has 1 aliphatic heterocycles. The summed E-state index contributed by atoms with van der Waals surface area (Å²) in [6.07, 6.45) is 5.46. The molecule has 1 atom stereocenters. The molecule has 1 aliphatic rings. The van der Waals surface area contributed by atoms with Crippen LogP contribution in [0.15, 0.2) is 84.6 Å². The van der Waals surface area contributed by atoms with Crippen LogP contribution in [0.2, 0.25) is 0 Å². The predicted molar refractivity (Wildman–Crippen MR) is 124 cm³/mol. The van der Waals surface area contributed by atoms with E-state index in [9.17, 15) is 0 Å². The Balaban J connectivity index is 1.47. The molecule has 2 heterocycles. The summed E-state index contributed by atoms with van der Waals surface area (Å²) in [6.45, 7) is 2.34. The number of rotatable bonds is 3. The first-order valence-electron chi connectivity index (χ1n) is 10.5. The van der Waals surface area contributed by atoms with Crippen molar-refractivity contribution in [1.82, 2.24) is 4.98 Å². The van der Waals surface area contributed by atoms with Gasteiger partial charge in [-0.1, -0.05) is 73.7 Å². The molecule has 5 rings (SSSR count). The maximum absolute atomic E-state index is 4.87. The van der Waals surface area contributed by atoms with Crippen LogP contribution in [-0.2, 0) is 6.42 Å². The minimum atomic E-state index is 0.522. The molecule has 0 spiro atoms. The van der Waals surface area contributed by atoms with Crippen molar-refractivity contribution in [2.24, 2.45) is 0 Å². The molecule has 1 unspecified atom stereocenters. The molecule has 3 aromatic carbocycles. The Morgan fingerprint density at radius 2 is 1.62 bits per heavy atom.